The van der Waals surface area contributed by atoms with E-state index in [1.807, 2.05) is 4.72 Å². The van der Waals surface area contributed by atoms with Crippen LogP contribution in [0.4, 0.5) is 4.39 Å². The zero-order valence-electron chi connectivity index (χ0n) is 13.4. The Bertz CT molecular complexity index is 935. The number of rotatable bonds is 5. The van der Waals surface area contributed by atoms with Crippen LogP contribution in [0.25, 0.3) is 0 Å². The summed E-state index contributed by atoms with van der Waals surface area (Å²) in [6, 6.07) is 10.6. The molecule has 1 heterocycles. The fourth-order valence-electron chi connectivity index (χ4n) is 2.47. The number of nitrogens with one attached hydrogen (secondary N) is 1. The Hall–Kier alpha value is -2.32. The Labute approximate surface area is 154 Å². The molecule has 1 N–H and O–H groups in total. The minimum Gasteiger partial charge on any atom is -0.486 e. The lowest BCUT2D eigenvalue weighted by Gasteiger charge is -2.25. The lowest BCUT2D eigenvalue weighted by Crippen LogP contribution is -2.38. The van der Waals surface area contributed by atoms with E-state index >= 15 is 0 Å². The van der Waals surface area contributed by atoms with Crippen LogP contribution in [0.5, 0.6) is 11.5 Å². The normalized spacial score (nSPS) is 16.2. The number of sulfonamides is 1. The largest absolute Gasteiger partial charge is 0.486 e. The Morgan fingerprint density at radius 2 is 1.96 bits per heavy atom. The molecule has 0 aromatic heterocycles. The Morgan fingerprint density at radius 3 is 2.69 bits per heavy atom. The highest BCUT2D eigenvalue weighted by Gasteiger charge is 2.25. The first-order valence-corrected chi connectivity index (χ1v) is 9.71. The average molecular weight is 400 g/mol. The molecule has 1 aliphatic heterocycles. The van der Waals surface area contributed by atoms with Gasteiger partial charge < -0.3 is 9.47 Å². The number of amides is 1. The number of benzene rings is 2. The van der Waals surface area contributed by atoms with E-state index in [2.05, 4.69) is 0 Å². The fraction of sp³-hybridized carbons (Fsp3) is 0.235. The van der Waals surface area contributed by atoms with Crippen molar-refractivity contribution >= 4 is 27.5 Å². The molecule has 26 heavy (non-hydrogen) atoms. The first-order valence-electron chi connectivity index (χ1n) is 7.68. The maximum atomic E-state index is 13.4. The second-order valence-electron chi connectivity index (χ2n) is 5.73. The molecule has 0 spiro atoms. The Balaban J connectivity index is 1.58. The van der Waals surface area contributed by atoms with E-state index in [1.54, 1.807) is 24.3 Å². The average Bonchev–Trinajstić information content (AvgIpc) is 2.57. The van der Waals surface area contributed by atoms with Crippen LogP contribution in [0.3, 0.4) is 0 Å². The summed E-state index contributed by atoms with van der Waals surface area (Å²) in [5, 5.41) is -0.107. The van der Waals surface area contributed by atoms with E-state index in [0.29, 0.717) is 11.5 Å². The molecule has 1 atom stereocenters. The van der Waals surface area contributed by atoms with Gasteiger partial charge in [-0.25, -0.2) is 12.8 Å². The highest BCUT2D eigenvalue weighted by atomic mass is 35.5. The van der Waals surface area contributed by atoms with Crippen LogP contribution in [0.15, 0.2) is 42.5 Å². The second-order valence-corrected chi connectivity index (χ2v) is 7.86. The molecule has 3 rings (SSSR count). The van der Waals surface area contributed by atoms with E-state index in [9.17, 15) is 17.6 Å². The molecule has 2 aromatic rings. The molecule has 138 valence electrons. The molecule has 0 saturated heterocycles. The monoisotopic (exact) mass is 399 g/mol. The highest BCUT2D eigenvalue weighted by molar-refractivity contribution is 7.89. The topological polar surface area (TPSA) is 81.7 Å². The third-order valence-corrected chi connectivity index (χ3v) is 5.15. The van der Waals surface area contributed by atoms with Crippen molar-refractivity contribution in [1.29, 1.82) is 0 Å². The van der Waals surface area contributed by atoms with Crippen LogP contribution in [-0.2, 0) is 20.6 Å². The van der Waals surface area contributed by atoms with Crippen LogP contribution in [0.1, 0.15) is 12.0 Å². The van der Waals surface area contributed by atoms with Gasteiger partial charge in [-0.3, -0.25) is 9.52 Å². The second kappa shape index (κ2) is 7.51. The first kappa shape index (κ1) is 18.5. The molecule has 0 fully saturated rings. The van der Waals surface area contributed by atoms with Gasteiger partial charge in [0, 0.05) is 0 Å². The van der Waals surface area contributed by atoms with Crippen molar-refractivity contribution in [2.45, 2.75) is 18.3 Å². The third kappa shape index (κ3) is 4.64. The Kier molecular flexibility index (Phi) is 5.33. The van der Waals surface area contributed by atoms with Gasteiger partial charge in [-0.2, -0.15) is 0 Å². The van der Waals surface area contributed by atoms with Gasteiger partial charge in [0.1, 0.15) is 18.5 Å². The number of ether oxygens (including phenoxy) is 2. The zero-order chi connectivity index (χ0) is 18.7. The van der Waals surface area contributed by atoms with Gasteiger partial charge in [-0.1, -0.05) is 29.8 Å². The minimum atomic E-state index is -3.98. The van der Waals surface area contributed by atoms with Crippen LogP contribution in [0, 0.1) is 5.82 Å². The standard InChI is InChI=1S/C17H15ClFNO5S/c18-13-6-5-11(7-14(13)19)10-26(22,23)20-17(21)8-12-9-24-15-3-1-2-4-16(15)25-12/h1-7,12H,8-10H2,(H,20,21). The number of halogens is 2. The smallest absolute Gasteiger partial charge is 0.239 e. The predicted molar refractivity (Wildman–Crippen MR) is 93.1 cm³/mol. The number of hydrogen-bond donors (Lipinski definition) is 1. The molecule has 1 aliphatic rings. The van der Waals surface area contributed by atoms with Gasteiger partial charge in [-0.05, 0) is 29.8 Å². The van der Waals surface area contributed by atoms with Crippen molar-refractivity contribution in [3.05, 3.63) is 58.9 Å². The molecular formula is C17H15ClFNO5S. The summed E-state index contributed by atoms with van der Waals surface area (Å²) in [7, 11) is -3.98. The first-order chi connectivity index (χ1) is 12.3. The van der Waals surface area contributed by atoms with Gasteiger partial charge >= 0.3 is 0 Å². The van der Waals surface area contributed by atoms with E-state index in [0.717, 1.165) is 6.07 Å². The number of carbonyl (C=O) groups is 1. The fourth-order valence-corrected chi connectivity index (χ4v) is 3.71. The van der Waals surface area contributed by atoms with Crippen molar-refractivity contribution in [3.8, 4) is 11.5 Å². The van der Waals surface area contributed by atoms with Gasteiger partial charge in [0.15, 0.2) is 11.5 Å². The molecule has 0 aliphatic carbocycles. The van der Waals surface area contributed by atoms with Gasteiger partial charge in [0.2, 0.25) is 15.9 Å². The van der Waals surface area contributed by atoms with Crippen LogP contribution < -0.4 is 14.2 Å². The summed E-state index contributed by atoms with van der Waals surface area (Å²) in [5.74, 6) is -0.931. The van der Waals surface area contributed by atoms with Gasteiger partial charge in [0.25, 0.3) is 0 Å². The SMILES string of the molecule is O=C(CC1COc2ccccc2O1)NS(=O)(=O)Cc1ccc(Cl)c(F)c1. The van der Waals surface area contributed by atoms with Crippen LogP contribution in [0.2, 0.25) is 5.02 Å². The van der Waals surface area contributed by atoms with Crippen molar-refractivity contribution in [1.82, 2.24) is 4.72 Å². The van der Waals surface area contributed by atoms with Crippen LogP contribution in [-0.4, -0.2) is 27.0 Å². The van der Waals surface area contributed by atoms with Gasteiger partial charge in [-0.15, -0.1) is 0 Å². The quantitative estimate of drug-likeness (QED) is 0.835. The lowest BCUT2D eigenvalue weighted by atomic mass is 10.2. The lowest BCUT2D eigenvalue weighted by molar-refractivity contribution is -0.121. The van der Waals surface area contributed by atoms with Crippen molar-refractivity contribution < 1.29 is 27.1 Å². The summed E-state index contributed by atoms with van der Waals surface area (Å²) in [6.07, 6.45) is -0.796. The molecule has 2 aromatic carbocycles. The van der Waals surface area contributed by atoms with Gasteiger partial charge in [0.05, 0.1) is 17.2 Å². The van der Waals surface area contributed by atoms with Crippen molar-refractivity contribution in [2.75, 3.05) is 6.61 Å². The summed E-state index contributed by atoms with van der Waals surface area (Å²) in [4.78, 5) is 12.0. The maximum absolute atomic E-state index is 13.4. The summed E-state index contributed by atoms with van der Waals surface area (Å²) in [5.41, 5.74) is 0.179. The van der Waals surface area contributed by atoms with Crippen molar-refractivity contribution in [2.24, 2.45) is 0 Å². The van der Waals surface area contributed by atoms with E-state index in [1.165, 1.54) is 12.1 Å². The minimum absolute atomic E-state index is 0.107. The highest BCUT2D eigenvalue weighted by Crippen LogP contribution is 2.31. The molecule has 0 saturated carbocycles. The molecule has 0 bridgehead atoms. The number of para-hydroxylation sites is 2. The number of carbonyl (C=O) groups excluding carboxylic acids is 1. The molecule has 1 unspecified atom stereocenters. The summed E-state index contributed by atoms with van der Waals surface area (Å²) < 4.78 is 50.6. The maximum Gasteiger partial charge on any atom is 0.239 e. The number of fused-ring (bicyclic) bond motifs is 1. The molecular weight excluding hydrogens is 385 g/mol. The van der Waals surface area contributed by atoms with E-state index < -0.39 is 33.6 Å². The number of hydrogen-bond acceptors (Lipinski definition) is 5. The van der Waals surface area contributed by atoms with E-state index in [4.69, 9.17) is 21.1 Å². The molecule has 1 amide bonds. The third-order valence-electron chi connectivity index (χ3n) is 3.59. The zero-order valence-corrected chi connectivity index (χ0v) is 15.0. The molecule has 6 nitrogen and oxygen atoms in total. The van der Waals surface area contributed by atoms with Crippen molar-refractivity contribution in [3.63, 3.8) is 0 Å². The summed E-state index contributed by atoms with van der Waals surface area (Å²) >= 11 is 5.56. The van der Waals surface area contributed by atoms with E-state index in [-0.39, 0.29) is 23.6 Å². The predicted octanol–water partition coefficient (Wildman–Crippen LogP) is 2.66. The molecule has 0 radical (unpaired) electrons. The Morgan fingerprint density at radius 1 is 1.23 bits per heavy atom. The molecule has 9 heteroatoms. The summed E-state index contributed by atoms with van der Waals surface area (Å²) in [6.45, 7) is 0.132. The van der Waals surface area contributed by atoms with Crippen LogP contribution >= 0.6 is 11.6 Å².